The van der Waals surface area contributed by atoms with Gasteiger partial charge in [-0.25, -0.2) is 9.07 Å². The Bertz CT molecular complexity index is 612. The van der Waals surface area contributed by atoms with Crippen molar-refractivity contribution >= 4 is 5.78 Å². The molecule has 6 nitrogen and oxygen atoms in total. The molecule has 0 aliphatic carbocycles. The molecule has 20 heavy (non-hydrogen) atoms. The molecule has 2 N–H and O–H groups in total. The number of nitrogens with zero attached hydrogens (tertiary/aromatic N) is 3. The number of hydrogen-bond donors (Lipinski definition) is 1. The summed E-state index contributed by atoms with van der Waals surface area (Å²) in [6, 6.07) is 4.45. The Balaban J connectivity index is 1.99. The molecule has 0 fully saturated rings. The first kappa shape index (κ1) is 14.1. The molecule has 0 amide bonds. The van der Waals surface area contributed by atoms with Gasteiger partial charge in [0.25, 0.3) is 0 Å². The molecule has 1 heterocycles. The summed E-state index contributed by atoms with van der Waals surface area (Å²) in [5.74, 6) is -0.419. The second-order valence-corrected chi connectivity index (χ2v) is 4.30. The number of Topliss-reactive ketones (excluding diaryl/α,β-unsaturated/α-hetero) is 1. The van der Waals surface area contributed by atoms with E-state index >= 15 is 0 Å². The Morgan fingerprint density at radius 3 is 2.90 bits per heavy atom. The van der Waals surface area contributed by atoms with Crippen molar-refractivity contribution < 1.29 is 13.9 Å². The second kappa shape index (κ2) is 6.25. The van der Waals surface area contributed by atoms with E-state index in [2.05, 4.69) is 10.3 Å². The highest BCUT2D eigenvalue weighted by atomic mass is 19.1. The van der Waals surface area contributed by atoms with Crippen LogP contribution in [-0.4, -0.2) is 27.9 Å². The second-order valence-electron chi connectivity index (χ2n) is 4.30. The quantitative estimate of drug-likeness (QED) is 0.840. The summed E-state index contributed by atoms with van der Waals surface area (Å²) in [4.78, 5) is 11.9. The van der Waals surface area contributed by atoms with Crippen molar-refractivity contribution in [1.82, 2.24) is 15.0 Å². The largest absolute Gasteiger partial charge is 0.494 e. The van der Waals surface area contributed by atoms with Crippen LogP contribution in [-0.2, 0) is 24.3 Å². The third-order valence-electron chi connectivity index (χ3n) is 2.75. The highest BCUT2D eigenvalue weighted by molar-refractivity contribution is 5.80. The third-order valence-corrected chi connectivity index (χ3v) is 2.75. The van der Waals surface area contributed by atoms with Gasteiger partial charge in [0.2, 0.25) is 0 Å². The summed E-state index contributed by atoms with van der Waals surface area (Å²) in [6.45, 7) is 0.360. The molecule has 0 radical (unpaired) electrons. The van der Waals surface area contributed by atoms with Crippen molar-refractivity contribution in [3.63, 3.8) is 0 Å². The number of carbonyl (C=O) groups excluding carboxylic acids is 1. The van der Waals surface area contributed by atoms with Crippen molar-refractivity contribution in [1.29, 1.82) is 0 Å². The molecule has 0 bridgehead atoms. The average molecular weight is 278 g/mol. The van der Waals surface area contributed by atoms with Gasteiger partial charge in [-0.05, 0) is 17.7 Å². The molecule has 1 aromatic carbocycles. The van der Waals surface area contributed by atoms with Crippen molar-refractivity contribution in [3.8, 4) is 5.75 Å². The number of ether oxygens (including phenoxy) is 1. The normalized spacial score (nSPS) is 10.6. The molecule has 0 saturated heterocycles. The Morgan fingerprint density at radius 1 is 1.50 bits per heavy atom. The molecule has 106 valence electrons. The minimum atomic E-state index is -0.482. The number of methoxy groups -OCH3 is 1. The number of carbonyl (C=O) groups is 1. The van der Waals surface area contributed by atoms with Gasteiger partial charge in [0.15, 0.2) is 17.3 Å². The van der Waals surface area contributed by atoms with Crippen LogP contribution in [0.1, 0.15) is 11.3 Å². The number of ketones is 1. The van der Waals surface area contributed by atoms with Crippen LogP contribution in [0.15, 0.2) is 24.4 Å². The maximum absolute atomic E-state index is 13.5. The molecule has 7 heteroatoms. The zero-order valence-corrected chi connectivity index (χ0v) is 11.0. The molecular formula is C13H15FN4O2. The van der Waals surface area contributed by atoms with Crippen molar-refractivity contribution in [2.45, 2.75) is 19.5 Å². The Morgan fingerprint density at radius 2 is 2.30 bits per heavy atom. The molecule has 1 aromatic heterocycles. The van der Waals surface area contributed by atoms with E-state index < -0.39 is 5.82 Å². The molecule has 0 spiro atoms. The summed E-state index contributed by atoms with van der Waals surface area (Å²) >= 11 is 0. The van der Waals surface area contributed by atoms with Crippen molar-refractivity contribution in [3.05, 3.63) is 41.5 Å². The zero-order valence-electron chi connectivity index (χ0n) is 11.0. The topological polar surface area (TPSA) is 83.0 Å². The fourth-order valence-electron chi connectivity index (χ4n) is 1.79. The van der Waals surface area contributed by atoms with E-state index in [1.807, 2.05) is 0 Å². The van der Waals surface area contributed by atoms with E-state index in [1.165, 1.54) is 23.9 Å². The third kappa shape index (κ3) is 3.39. The van der Waals surface area contributed by atoms with Crippen LogP contribution >= 0.6 is 0 Å². The monoisotopic (exact) mass is 278 g/mol. The number of rotatable bonds is 6. The smallest absolute Gasteiger partial charge is 0.165 e. The van der Waals surface area contributed by atoms with Gasteiger partial charge in [0.1, 0.15) is 6.54 Å². The fraction of sp³-hybridized carbons (Fsp3) is 0.308. The van der Waals surface area contributed by atoms with Crippen molar-refractivity contribution in [2.75, 3.05) is 7.11 Å². The van der Waals surface area contributed by atoms with E-state index in [0.29, 0.717) is 11.3 Å². The van der Waals surface area contributed by atoms with E-state index in [-0.39, 0.29) is 31.0 Å². The summed E-state index contributed by atoms with van der Waals surface area (Å²) in [7, 11) is 1.39. The molecule has 0 aliphatic rings. The molecule has 0 aliphatic heterocycles. The van der Waals surface area contributed by atoms with Crippen LogP contribution < -0.4 is 10.5 Å². The minimum Gasteiger partial charge on any atom is -0.494 e. The van der Waals surface area contributed by atoms with Crippen LogP contribution in [0.2, 0.25) is 0 Å². The van der Waals surface area contributed by atoms with E-state index in [0.717, 1.165) is 0 Å². The lowest BCUT2D eigenvalue weighted by atomic mass is 10.1. The van der Waals surface area contributed by atoms with Crippen LogP contribution in [0.25, 0.3) is 0 Å². The molecule has 0 atom stereocenters. The average Bonchev–Trinajstić information content (AvgIpc) is 2.86. The predicted octanol–water partition coefficient (Wildman–Crippen LogP) is 0.696. The van der Waals surface area contributed by atoms with E-state index in [9.17, 15) is 9.18 Å². The van der Waals surface area contributed by atoms with Gasteiger partial charge in [0, 0.05) is 13.0 Å². The van der Waals surface area contributed by atoms with Gasteiger partial charge in [0.05, 0.1) is 19.0 Å². The number of nitrogens with two attached hydrogens (primary N) is 1. The standard InChI is InChI=1S/C13H15FN4O2/c1-20-13-3-2-9(5-12(13)14)4-11(19)8-18-7-10(6-15)16-17-18/h2-3,5,7H,4,6,8,15H2,1H3. The maximum atomic E-state index is 13.5. The van der Waals surface area contributed by atoms with Gasteiger partial charge >= 0.3 is 0 Å². The van der Waals surface area contributed by atoms with Gasteiger partial charge in [-0.1, -0.05) is 11.3 Å². The lowest BCUT2D eigenvalue weighted by Gasteiger charge is -2.05. The SMILES string of the molecule is COc1ccc(CC(=O)Cn2cc(CN)nn2)cc1F. The predicted molar refractivity (Wildman–Crippen MR) is 69.6 cm³/mol. The minimum absolute atomic E-state index is 0.0840. The molecule has 2 rings (SSSR count). The number of aromatic nitrogens is 3. The Kier molecular flexibility index (Phi) is 4.41. The van der Waals surface area contributed by atoms with Crippen molar-refractivity contribution in [2.24, 2.45) is 5.73 Å². The van der Waals surface area contributed by atoms with Crippen LogP contribution in [0.4, 0.5) is 4.39 Å². The molecule has 0 unspecified atom stereocenters. The van der Waals surface area contributed by atoms with Crippen LogP contribution in [0.5, 0.6) is 5.75 Å². The number of hydrogen-bond acceptors (Lipinski definition) is 5. The first-order chi connectivity index (χ1) is 9.62. The van der Waals surface area contributed by atoms with Gasteiger partial charge in [-0.3, -0.25) is 4.79 Å². The number of benzene rings is 1. The lowest BCUT2D eigenvalue weighted by molar-refractivity contribution is -0.119. The Hall–Kier alpha value is -2.28. The fourth-order valence-corrected chi connectivity index (χ4v) is 1.79. The summed E-state index contributed by atoms with van der Waals surface area (Å²) in [5, 5.41) is 7.58. The highest BCUT2D eigenvalue weighted by Gasteiger charge is 2.09. The van der Waals surface area contributed by atoms with Crippen LogP contribution in [0, 0.1) is 5.82 Å². The molecule has 0 saturated carbocycles. The lowest BCUT2D eigenvalue weighted by Crippen LogP contribution is -2.13. The first-order valence-electron chi connectivity index (χ1n) is 6.05. The molecular weight excluding hydrogens is 263 g/mol. The summed E-state index contributed by atoms with van der Waals surface area (Å²) in [5.41, 5.74) is 6.62. The van der Waals surface area contributed by atoms with Gasteiger partial charge in [-0.2, -0.15) is 0 Å². The van der Waals surface area contributed by atoms with Gasteiger partial charge in [-0.15, -0.1) is 5.10 Å². The Labute approximate surface area is 115 Å². The first-order valence-corrected chi connectivity index (χ1v) is 6.05. The molecule has 2 aromatic rings. The van der Waals surface area contributed by atoms with E-state index in [1.54, 1.807) is 12.3 Å². The highest BCUT2D eigenvalue weighted by Crippen LogP contribution is 2.18. The zero-order chi connectivity index (χ0) is 14.5. The van der Waals surface area contributed by atoms with Gasteiger partial charge < -0.3 is 10.5 Å². The maximum Gasteiger partial charge on any atom is 0.165 e. The van der Waals surface area contributed by atoms with Crippen LogP contribution in [0.3, 0.4) is 0 Å². The summed E-state index contributed by atoms with van der Waals surface area (Å²) < 4.78 is 19.7. The number of halogens is 1. The van der Waals surface area contributed by atoms with E-state index in [4.69, 9.17) is 10.5 Å². The summed E-state index contributed by atoms with van der Waals surface area (Å²) in [6.07, 6.45) is 1.74.